The van der Waals surface area contributed by atoms with Crippen LogP contribution in [0.25, 0.3) is 0 Å². The van der Waals surface area contributed by atoms with Gasteiger partial charge in [-0.3, -0.25) is 4.68 Å². The van der Waals surface area contributed by atoms with Gasteiger partial charge in [-0.25, -0.2) is 0 Å². The van der Waals surface area contributed by atoms with Crippen molar-refractivity contribution >= 4 is 15.9 Å². The summed E-state index contributed by atoms with van der Waals surface area (Å²) in [5, 5.41) is 4.41. The highest BCUT2D eigenvalue weighted by Crippen LogP contribution is 2.26. The number of aryl methyl sites for hydroxylation is 4. The summed E-state index contributed by atoms with van der Waals surface area (Å²) in [6.45, 7) is 6.20. The summed E-state index contributed by atoms with van der Waals surface area (Å²) in [6.07, 6.45) is 0.780. The number of nitrogens with two attached hydrogens (primary N) is 1. The fourth-order valence-electron chi connectivity index (χ4n) is 2.38. The van der Waals surface area contributed by atoms with Gasteiger partial charge in [0, 0.05) is 19.5 Å². The lowest BCUT2D eigenvalue weighted by Gasteiger charge is -2.16. The van der Waals surface area contributed by atoms with Gasteiger partial charge in [0.2, 0.25) is 0 Å². The molecule has 0 radical (unpaired) electrons. The molecule has 102 valence electrons. The van der Waals surface area contributed by atoms with Crippen LogP contribution in [-0.4, -0.2) is 9.78 Å². The monoisotopic (exact) mass is 321 g/mol. The maximum atomic E-state index is 6.38. The molecule has 2 aromatic rings. The van der Waals surface area contributed by atoms with Crippen molar-refractivity contribution in [1.82, 2.24) is 9.78 Å². The van der Waals surface area contributed by atoms with Crippen molar-refractivity contribution in [3.63, 3.8) is 0 Å². The fraction of sp³-hybridized carbons (Fsp3) is 0.400. The van der Waals surface area contributed by atoms with Crippen LogP contribution in [0.15, 0.2) is 22.7 Å². The molecule has 0 saturated heterocycles. The summed E-state index contributed by atoms with van der Waals surface area (Å²) in [5.74, 6) is 0. The van der Waals surface area contributed by atoms with Crippen LogP contribution in [0.3, 0.4) is 0 Å². The third-order valence-electron chi connectivity index (χ3n) is 3.51. The van der Waals surface area contributed by atoms with Crippen LogP contribution in [0.2, 0.25) is 0 Å². The zero-order chi connectivity index (χ0) is 14.2. The molecule has 0 bridgehead atoms. The Balaban J connectivity index is 2.30. The maximum absolute atomic E-state index is 6.38. The number of hydrogen-bond acceptors (Lipinski definition) is 2. The first-order valence-corrected chi connectivity index (χ1v) is 7.20. The van der Waals surface area contributed by atoms with E-state index in [2.05, 4.69) is 53.1 Å². The molecule has 0 aliphatic rings. The molecular formula is C15H20BrN3. The molecule has 0 amide bonds. The summed E-state index contributed by atoms with van der Waals surface area (Å²) in [5.41, 5.74) is 12.2. The van der Waals surface area contributed by atoms with Gasteiger partial charge in [-0.2, -0.15) is 5.10 Å². The Bertz CT molecular complexity index is 602. The minimum Gasteiger partial charge on any atom is -0.324 e. The van der Waals surface area contributed by atoms with Crippen LogP contribution in [0.4, 0.5) is 0 Å². The summed E-state index contributed by atoms with van der Waals surface area (Å²) < 4.78 is 2.97. The number of aromatic nitrogens is 2. The Hall–Kier alpha value is -1.13. The van der Waals surface area contributed by atoms with E-state index >= 15 is 0 Å². The average molecular weight is 322 g/mol. The van der Waals surface area contributed by atoms with E-state index < -0.39 is 0 Å². The molecule has 4 heteroatoms. The second-order valence-corrected chi connectivity index (χ2v) is 5.93. The molecule has 0 spiro atoms. The fourth-order valence-corrected chi connectivity index (χ4v) is 2.88. The van der Waals surface area contributed by atoms with Crippen molar-refractivity contribution in [3.05, 3.63) is 50.8 Å². The van der Waals surface area contributed by atoms with Gasteiger partial charge in [0.25, 0.3) is 0 Å². The van der Waals surface area contributed by atoms with Gasteiger partial charge in [-0.1, -0.05) is 23.8 Å². The minimum atomic E-state index is -0.00833. The van der Waals surface area contributed by atoms with Gasteiger partial charge in [0.15, 0.2) is 0 Å². The predicted octanol–water partition coefficient (Wildman–Crippen LogP) is 3.35. The van der Waals surface area contributed by atoms with Gasteiger partial charge in [-0.05, 0) is 47.8 Å². The van der Waals surface area contributed by atoms with Gasteiger partial charge >= 0.3 is 0 Å². The van der Waals surface area contributed by atoms with Crippen molar-refractivity contribution in [3.8, 4) is 0 Å². The quantitative estimate of drug-likeness (QED) is 0.942. The molecule has 0 saturated carbocycles. The van der Waals surface area contributed by atoms with Crippen LogP contribution in [-0.2, 0) is 13.5 Å². The standard InChI is InChI=1S/C15H20BrN3/c1-9-5-6-10(2)12(7-9)13(17)8-14-15(16)11(3)18-19(14)4/h5-7,13H,8,17H2,1-4H3. The van der Waals surface area contributed by atoms with Gasteiger partial charge in [-0.15, -0.1) is 0 Å². The molecular weight excluding hydrogens is 302 g/mol. The van der Waals surface area contributed by atoms with E-state index in [1.807, 2.05) is 18.7 Å². The van der Waals surface area contributed by atoms with Gasteiger partial charge in [0.05, 0.1) is 15.9 Å². The van der Waals surface area contributed by atoms with E-state index in [9.17, 15) is 0 Å². The Morgan fingerprint density at radius 3 is 2.58 bits per heavy atom. The lowest BCUT2D eigenvalue weighted by atomic mass is 9.96. The molecule has 1 aromatic carbocycles. The normalized spacial score (nSPS) is 12.7. The molecule has 1 aromatic heterocycles. The smallest absolute Gasteiger partial charge is 0.0738 e. The Kier molecular flexibility index (Phi) is 4.11. The SMILES string of the molecule is Cc1ccc(C)c(C(N)Cc2c(Br)c(C)nn2C)c1. The summed E-state index contributed by atoms with van der Waals surface area (Å²) in [4.78, 5) is 0. The summed E-state index contributed by atoms with van der Waals surface area (Å²) in [6, 6.07) is 6.42. The van der Waals surface area contributed by atoms with Crippen molar-refractivity contribution in [2.24, 2.45) is 12.8 Å². The van der Waals surface area contributed by atoms with E-state index in [4.69, 9.17) is 5.73 Å². The third kappa shape index (κ3) is 2.90. The Labute approximate surface area is 122 Å². The second-order valence-electron chi connectivity index (χ2n) is 5.14. The molecule has 1 unspecified atom stereocenters. The van der Waals surface area contributed by atoms with E-state index in [1.54, 1.807) is 0 Å². The highest BCUT2D eigenvalue weighted by atomic mass is 79.9. The zero-order valence-electron chi connectivity index (χ0n) is 11.9. The molecule has 0 aliphatic carbocycles. The van der Waals surface area contributed by atoms with Crippen molar-refractivity contribution in [2.45, 2.75) is 33.2 Å². The average Bonchev–Trinajstić information content (AvgIpc) is 2.59. The Morgan fingerprint density at radius 2 is 2.00 bits per heavy atom. The molecule has 2 rings (SSSR count). The number of nitrogens with zero attached hydrogens (tertiary/aromatic N) is 2. The molecule has 2 N–H and O–H groups in total. The lowest BCUT2D eigenvalue weighted by Crippen LogP contribution is -2.17. The number of benzene rings is 1. The molecule has 3 nitrogen and oxygen atoms in total. The summed E-state index contributed by atoms with van der Waals surface area (Å²) in [7, 11) is 1.96. The highest BCUT2D eigenvalue weighted by molar-refractivity contribution is 9.10. The van der Waals surface area contributed by atoms with E-state index in [0.29, 0.717) is 0 Å². The van der Waals surface area contributed by atoms with Crippen molar-refractivity contribution < 1.29 is 0 Å². The highest BCUT2D eigenvalue weighted by Gasteiger charge is 2.16. The number of hydrogen-bond donors (Lipinski definition) is 1. The van der Waals surface area contributed by atoms with Crippen LogP contribution >= 0.6 is 15.9 Å². The zero-order valence-corrected chi connectivity index (χ0v) is 13.5. The molecule has 0 aliphatic heterocycles. The van der Waals surface area contributed by atoms with Crippen LogP contribution in [0, 0.1) is 20.8 Å². The van der Waals surface area contributed by atoms with E-state index in [0.717, 1.165) is 22.3 Å². The molecule has 1 heterocycles. The lowest BCUT2D eigenvalue weighted by molar-refractivity contribution is 0.636. The maximum Gasteiger partial charge on any atom is 0.0738 e. The molecule has 1 atom stereocenters. The first-order valence-electron chi connectivity index (χ1n) is 6.41. The van der Waals surface area contributed by atoms with Crippen LogP contribution < -0.4 is 5.73 Å². The van der Waals surface area contributed by atoms with E-state index in [1.165, 1.54) is 16.7 Å². The minimum absolute atomic E-state index is 0.00833. The van der Waals surface area contributed by atoms with E-state index in [-0.39, 0.29) is 6.04 Å². The largest absolute Gasteiger partial charge is 0.324 e. The predicted molar refractivity (Wildman–Crippen MR) is 82.2 cm³/mol. The topological polar surface area (TPSA) is 43.8 Å². The van der Waals surface area contributed by atoms with Crippen LogP contribution in [0.1, 0.15) is 34.1 Å². The second kappa shape index (κ2) is 5.47. The molecule has 19 heavy (non-hydrogen) atoms. The van der Waals surface area contributed by atoms with Crippen molar-refractivity contribution in [1.29, 1.82) is 0 Å². The third-order valence-corrected chi connectivity index (χ3v) is 4.54. The molecule has 0 fully saturated rings. The number of rotatable bonds is 3. The van der Waals surface area contributed by atoms with Crippen LogP contribution in [0.5, 0.6) is 0 Å². The summed E-state index contributed by atoms with van der Waals surface area (Å²) >= 11 is 3.60. The van der Waals surface area contributed by atoms with Gasteiger partial charge in [0.1, 0.15) is 0 Å². The number of halogens is 1. The van der Waals surface area contributed by atoms with Crippen molar-refractivity contribution in [2.75, 3.05) is 0 Å². The van der Waals surface area contributed by atoms with Gasteiger partial charge < -0.3 is 5.73 Å². The first kappa shape index (κ1) is 14.3. The Morgan fingerprint density at radius 1 is 1.32 bits per heavy atom. The first-order chi connectivity index (χ1) is 8.90.